The average molecular weight is 461 g/mol. The molecular weight excluding hydrogens is 424 g/mol. The highest BCUT2D eigenvalue weighted by Gasteiger charge is 2.36. The number of halogens is 1. The molecule has 0 aliphatic heterocycles. The summed E-state index contributed by atoms with van der Waals surface area (Å²) in [6, 6.07) is 16.7. The smallest absolute Gasteiger partial charge is 0.122 e. The lowest BCUT2D eigenvalue weighted by Gasteiger charge is -2.32. The maximum Gasteiger partial charge on any atom is 0.122 e. The molecule has 6 heteroatoms. The zero-order chi connectivity index (χ0) is 22.9. The van der Waals surface area contributed by atoms with Crippen LogP contribution in [0.5, 0.6) is 17.2 Å². The fourth-order valence-corrected chi connectivity index (χ4v) is 3.93. The average Bonchev–Trinajstić information content (AvgIpc) is 2.80. The van der Waals surface area contributed by atoms with Gasteiger partial charge in [0.05, 0.1) is 32.8 Å². The second-order valence-electron chi connectivity index (χ2n) is 8.34. The number of benzene rings is 2. The molecule has 1 unspecified atom stereocenters. The van der Waals surface area contributed by atoms with Crippen molar-refractivity contribution in [2.75, 3.05) is 41.5 Å². The third-order valence-electron chi connectivity index (χ3n) is 6.10. The van der Waals surface area contributed by atoms with Crippen LogP contribution in [-0.2, 0) is 11.8 Å². The van der Waals surface area contributed by atoms with Crippen molar-refractivity contribution in [3.8, 4) is 23.3 Å². The second-order valence-corrected chi connectivity index (χ2v) is 8.34. The Bertz CT molecular complexity index is 842. The van der Waals surface area contributed by atoms with Crippen molar-refractivity contribution in [3.63, 3.8) is 0 Å². The number of nitriles is 1. The summed E-state index contributed by atoms with van der Waals surface area (Å²) in [6.07, 6.45) is 2.70. The molecule has 0 bridgehead atoms. The van der Waals surface area contributed by atoms with Crippen molar-refractivity contribution in [3.05, 3.63) is 53.6 Å². The Morgan fingerprint density at radius 1 is 0.906 bits per heavy atom. The van der Waals surface area contributed by atoms with Crippen molar-refractivity contribution < 1.29 is 14.2 Å². The van der Waals surface area contributed by atoms with E-state index < -0.39 is 5.41 Å². The molecule has 2 rings (SSSR count). The van der Waals surface area contributed by atoms with E-state index in [-0.39, 0.29) is 18.3 Å². The minimum Gasteiger partial charge on any atom is -0.497 e. The van der Waals surface area contributed by atoms with Crippen LogP contribution in [0.15, 0.2) is 42.5 Å². The lowest BCUT2D eigenvalue weighted by Crippen LogP contribution is -2.32. The minimum absolute atomic E-state index is 0. The van der Waals surface area contributed by atoms with Gasteiger partial charge in [0.15, 0.2) is 0 Å². The molecule has 176 valence electrons. The van der Waals surface area contributed by atoms with Gasteiger partial charge in [-0.15, -0.1) is 12.4 Å². The molecule has 0 saturated heterocycles. The van der Waals surface area contributed by atoms with Crippen LogP contribution in [-0.4, -0.2) is 46.4 Å². The SMILES string of the molecule is COc1ccc(CCN(C)CCCC(C#N)(c2cc(OC)cc(OC)c2)C(C)C)cc1.Cl. The third kappa shape index (κ3) is 7.05. The van der Waals surface area contributed by atoms with Gasteiger partial charge in [0.25, 0.3) is 0 Å². The Hall–Kier alpha value is -2.42. The Kier molecular flexibility index (Phi) is 11.4. The van der Waals surface area contributed by atoms with Crippen LogP contribution in [0, 0.1) is 17.2 Å². The Balaban J connectivity index is 0.00000512. The van der Waals surface area contributed by atoms with E-state index in [0.717, 1.165) is 43.7 Å². The lowest BCUT2D eigenvalue weighted by atomic mass is 9.69. The molecule has 2 aromatic carbocycles. The maximum atomic E-state index is 10.2. The lowest BCUT2D eigenvalue weighted by molar-refractivity contribution is 0.292. The van der Waals surface area contributed by atoms with Gasteiger partial charge in [-0.1, -0.05) is 26.0 Å². The molecule has 0 aliphatic rings. The van der Waals surface area contributed by atoms with E-state index in [2.05, 4.69) is 44.0 Å². The van der Waals surface area contributed by atoms with Gasteiger partial charge in [-0.05, 0) is 74.2 Å². The van der Waals surface area contributed by atoms with Gasteiger partial charge in [0.1, 0.15) is 17.2 Å². The summed E-state index contributed by atoms with van der Waals surface area (Å²) in [5.74, 6) is 2.48. The fraction of sp³-hybridized carbons (Fsp3) is 0.500. The van der Waals surface area contributed by atoms with Gasteiger partial charge in [-0.25, -0.2) is 0 Å². The number of methoxy groups -OCH3 is 3. The molecule has 0 N–H and O–H groups in total. The standard InChI is InChI=1S/C26H36N2O3.ClH/c1-20(2)26(19-27,22-16-24(30-5)18-25(17-22)31-6)13-7-14-28(3)15-12-21-8-10-23(29-4)11-9-21;/h8-11,16-18,20H,7,12-15H2,1-6H3;1H. The molecule has 32 heavy (non-hydrogen) atoms. The number of nitrogens with zero attached hydrogens (tertiary/aromatic N) is 2. The second kappa shape index (κ2) is 13.2. The third-order valence-corrected chi connectivity index (χ3v) is 6.10. The highest BCUT2D eigenvalue weighted by molar-refractivity contribution is 5.85. The molecule has 1 atom stereocenters. The molecule has 0 spiro atoms. The molecule has 5 nitrogen and oxygen atoms in total. The molecule has 0 amide bonds. The van der Waals surface area contributed by atoms with Crippen LogP contribution < -0.4 is 14.2 Å². The number of likely N-dealkylation sites (N-methyl/N-ethyl adjacent to an activating group) is 1. The zero-order valence-electron chi connectivity index (χ0n) is 20.2. The van der Waals surface area contributed by atoms with Gasteiger partial charge in [-0.2, -0.15) is 5.26 Å². The largest absolute Gasteiger partial charge is 0.497 e. The number of hydrogen-bond acceptors (Lipinski definition) is 5. The zero-order valence-corrected chi connectivity index (χ0v) is 21.0. The van der Waals surface area contributed by atoms with E-state index in [1.165, 1.54) is 5.56 Å². The van der Waals surface area contributed by atoms with E-state index in [9.17, 15) is 5.26 Å². The first-order chi connectivity index (χ1) is 14.9. The van der Waals surface area contributed by atoms with Gasteiger partial charge >= 0.3 is 0 Å². The van der Waals surface area contributed by atoms with Crippen LogP contribution in [0.3, 0.4) is 0 Å². The van der Waals surface area contributed by atoms with Crippen LogP contribution in [0.1, 0.15) is 37.8 Å². The van der Waals surface area contributed by atoms with Crippen molar-refractivity contribution in [2.45, 2.75) is 38.5 Å². The monoisotopic (exact) mass is 460 g/mol. The topological polar surface area (TPSA) is 54.7 Å². The maximum absolute atomic E-state index is 10.2. The van der Waals surface area contributed by atoms with E-state index in [0.29, 0.717) is 11.5 Å². The van der Waals surface area contributed by atoms with Gasteiger partial charge < -0.3 is 19.1 Å². The van der Waals surface area contributed by atoms with E-state index >= 15 is 0 Å². The highest BCUT2D eigenvalue weighted by atomic mass is 35.5. The van der Waals surface area contributed by atoms with E-state index in [4.69, 9.17) is 14.2 Å². The summed E-state index contributed by atoms with van der Waals surface area (Å²) in [6.45, 7) is 6.14. The van der Waals surface area contributed by atoms with Crippen LogP contribution >= 0.6 is 12.4 Å². The van der Waals surface area contributed by atoms with Gasteiger partial charge in [0, 0.05) is 12.6 Å². The van der Waals surface area contributed by atoms with Gasteiger partial charge in [-0.3, -0.25) is 0 Å². The molecule has 2 aromatic rings. The first-order valence-corrected chi connectivity index (χ1v) is 10.8. The highest BCUT2D eigenvalue weighted by Crippen LogP contribution is 2.40. The van der Waals surface area contributed by atoms with Crippen molar-refractivity contribution in [1.82, 2.24) is 4.90 Å². The number of ether oxygens (including phenoxy) is 3. The summed E-state index contributed by atoms with van der Waals surface area (Å²) in [4.78, 5) is 2.33. The molecule has 0 saturated carbocycles. The molecular formula is C26H37ClN2O3. The molecule has 0 aliphatic carbocycles. The van der Waals surface area contributed by atoms with Crippen LogP contribution in [0.25, 0.3) is 0 Å². The summed E-state index contributed by atoms with van der Waals surface area (Å²) in [5.41, 5.74) is 1.67. The van der Waals surface area contributed by atoms with Gasteiger partial charge in [0.2, 0.25) is 0 Å². The van der Waals surface area contributed by atoms with Crippen LogP contribution in [0.4, 0.5) is 0 Å². The molecule has 0 fully saturated rings. The molecule has 0 aromatic heterocycles. The Morgan fingerprint density at radius 2 is 1.47 bits per heavy atom. The summed E-state index contributed by atoms with van der Waals surface area (Å²) in [7, 11) is 7.10. The normalized spacial score (nSPS) is 12.6. The van der Waals surface area contributed by atoms with Crippen molar-refractivity contribution in [1.29, 1.82) is 5.26 Å². The summed E-state index contributed by atoms with van der Waals surface area (Å²) < 4.78 is 16.1. The minimum atomic E-state index is -0.585. The Labute approximate surface area is 199 Å². The number of rotatable bonds is 12. The predicted molar refractivity (Wildman–Crippen MR) is 132 cm³/mol. The predicted octanol–water partition coefficient (Wildman–Crippen LogP) is 5.51. The van der Waals surface area contributed by atoms with E-state index in [1.807, 2.05) is 30.3 Å². The fourth-order valence-electron chi connectivity index (χ4n) is 3.93. The first-order valence-electron chi connectivity index (χ1n) is 10.8. The Morgan fingerprint density at radius 3 is 1.94 bits per heavy atom. The van der Waals surface area contributed by atoms with Crippen molar-refractivity contribution in [2.24, 2.45) is 5.92 Å². The summed E-state index contributed by atoms with van der Waals surface area (Å²) in [5, 5.41) is 10.2. The van der Waals surface area contributed by atoms with E-state index in [1.54, 1.807) is 21.3 Å². The molecule has 0 heterocycles. The quantitative estimate of drug-likeness (QED) is 0.418. The first kappa shape index (κ1) is 27.6. The van der Waals surface area contributed by atoms with Crippen molar-refractivity contribution >= 4 is 12.4 Å². The summed E-state index contributed by atoms with van der Waals surface area (Å²) >= 11 is 0. The molecule has 0 radical (unpaired) electrons. The number of hydrogen-bond donors (Lipinski definition) is 0. The van der Waals surface area contributed by atoms with Crippen LogP contribution in [0.2, 0.25) is 0 Å².